The highest BCUT2D eigenvalue weighted by Crippen LogP contribution is 2.20. The van der Waals surface area contributed by atoms with Crippen LogP contribution in [0.5, 0.6) is 0 Å². The number of nitriles is 2. The number of hydrogen-bond donors (Lipinski definition) is 0. The van der Waals surface area contributed by atoms with Crippen LogP contribution in [0.1, 0.15) is 24.7 Å². The number of carbonyl (C=O) groups is 2. The first-order chi connectivity index (χ1) is 9.17. The van der Waals surface area contributed by atoms with Crippen molar-refractivity contribution in [3.63, 3.8) is 0 Å². The van der Waals surface area contributed by atoms with Crippen LogP contribution in [0.3, 0.4) is 0 Å². The molecule has 19 heavy (non-hydrogen) atoms. The molecule has 0 aliphatic rings. The van der Waals surface area contributed by atoms with Gasteiger partial charge in [0, 0.05) is 5.56 Å². The lowest BCUT2D eigenvalue weighted by Crippen LogP contribution is -2.17. The monoisotopic (exact) mass is 258 g/mol. The number of carbonyl (C=O) groups excluding carboxylic acids is 2. The Labute approximate surface area is 109 Å². The molecule has 0 heterocycles. The Bertz CT molecular complexity index is 498. The summed E-state index contributed by atoms with van der Waals surface area (Å²) in [6.07, 6.45) is -2.14. The molecule has 0 amide bonds. The van der Waals surface area contributed by atoms with Crippen LogP contribution in [0.15, 0.2) is 30.3 Å². The molecular formula is C13H10N2O4. The largest absolute Gasteiger partial charge is 0.420 e. The minimum Gasteiger partial charge on any atom is -0.420 e. The first-order valence-electron chi connectivity index (χ1n) is 5.35. The van der Waals surface area contributed by atoms with Gasteiger partial charge in [-0.1, -0.05) is 30.3 Å². The zero-order valence-electron chi connectivity index (χ0n) is 9.91. The number of esters is 2. The summed E-state index contributed by atoms with van der Waals surface area (Å²) in [6, 6.07) is 11.6. The second kappa shape index (κ2) is 7.46. The zero-order chi connectivity index (χ0) is 14.1. The lowest BCUT2D eigenvalue weighted by Gasteiger charge is -2.17. The Hall–Kier alpha value is -2.86. The van der Waals surface area contributed by atoms with Gasteiger partial charge in [-0.25, -0.2) is 0 Å². The highest BCUT2D eigenvalue weighted by molar-refractivity contribution is 5.74. The normalized spacial score (nSPS) is 9.21. The van der Waals surface area contributed by atoms with E-state index in [2.05, 4.69) is 0 Å². The van der Waals surface area contributed by atoms with Crippen LogP contribution in [0, 0.1) is 22.7 Å². The molecule has 0 spiro atoms. The lowest BCUT2D eigenvalue weighted by molar-refractivity contribution is -0.188. The number of benzene rings is 1. The quantitative estimate of drug-likeness (QED) is 0.587. The van der Waals surface area contributed by atoms with Crippen molar-refractivity contribution < 1.29 is 19.1 Å². The minimum atomic E-state index is -1.25. The van der Waals surface area contributed by atoms with E-state index in [9.17, 15) is 9.59 Å². The minimum absolute atomic E-state index is 0.445. The molecule has 0 fully saturated rings. The highest BCUT2D eigenvalue weighted by Gasteiger charge is 2.20. The highest BCUT2D eigenvalue weighted by atomic mass is 16.7. The van der Waals surface area contributed by atoms with Gasteiger partial charge in [-0.05, 0) is 0 Å². The third-order valence-corrected chi connectivity index (χ3v) is 2.00. The van der Waals surface area contributed by atoms with Gasteiger partial charge in [0.25, 0.3) is 6.29 Å². The van der Waals surface area contributed by atoms with Crippen molar-refractivity contribution in [2.24, 2.45) is 0 Å². The van der Waals surface area contributed by atoms with E-state index in [4.69, 9.17) is 20.0 Å². The summed E-state index contributed by atoms with van der Waals surface area (Å²) in [5, 5.41) is 16.8. The Morgan fingerprint density at radius 2 is 1.47 bits per heavy atom. The van der Waals surface area contributed by atoms with E-state index in [1.165, 1.54) is 0 Å². The average molecular weight is 258 g/mol. The molecule has 0 saturated heterocycles. The van der Waals surface area contributed by atoms with E-state index in [0.717, 1.165) is 0 Å². The van der Waals surface area contributed by atoms with Gasteiger partial charge in [0.05, 0.1) is 12.1 Å². The van der Waals surface area contributed by atoms with E-state index in [1.807, 2.05) is 0 Å². The Morgan fingerprint density at radius 1 is 1.00 bits per heavy atom. The summed E-state index contributed by atoms with van der Waals surface area (Å²) < 4.78 is 9.76. The predicted molar refractivity (Wildman–Crippen MR) is 61.8 cm³/mol. The zero-order valence-corrected chi connectivity index (χ0v) is 9.91. The van der Waals surface area contributed by atoms with Gasteiger partial charge >= 0.3 is 11.9 Å². The molecule has 0 unspecified atom stereocenters. The molecule has 0 aliphatic carbocycles. The Kier molecular flexibility index (Phi) is 5.58. The predicted octanol–water partition coefficient (Wildman–Crippen LogP) is 1.60. The van der Waals surface area contributed by atoms with Crippen molar-refractivity contribution in [3.8, 4) is 12.1 Å². The van der Waals surface area contributed by atoms with Gasteiger partial charge in [0.15, 0.2) is 0 Å². The van der Waals surface area contributed by atoms with Gasteiger partial charge in [-0.2, -0.15) is 10.5 Å². The Morgan fingerprint density at radius 3 is 1.89 bits per heavy atom. The third-order valence-electron chi connectivity index (χ3n) is 2.00. The van der Waals surface area contributed by atoms with E-state index < -0.39 is 31.1 Å². The summed E-state index contributed by atoms with van der Waals surface area (Å²) in [4.78, 5) is 22.5. The van der Waals surface area contributed by atoms with E-state index in [0.29, 0.717) is 5.56 Å². The van der Waals surface area contributed by atoms with Crippen molar-refractivity contribution in [2.75, 3.05) is 0 Å². The molecule has 0 saturated carbocycles. The van der Waals surface area contributed by atoms with Gasteiger partial charge in [-0.3, -0.25) is 9.59 Å². The molecule has 1 aromatic carbocycles. The standard InChI is InChI=1S/C13H10N2O4/c14-8-6-11(16)18-13(19-12(17)7-9-15)10-4-2-1-3-5-10/h1-5,13H,6-7H2. The molecule has 96 valence electrons. The summed E-state index contributed by atoms with van der Waals surface area (Å²) in [6.45, 7) is 0. The van der Waals surface area contributed by atoms with Crippen LogP contribution in [-0.4, -0.2) is 11.9 Å². The first-order valence-corrected chi connectivity index (χ1v) is 5.35. The molecule has 0 aliphatic heterocycles. The lowest BCUT2D eigenvalue weighted by atomic mass is 10.2. The summed E-state index contributed by atoms with van der Waals surface area (Å²) in [7, 11) is 0. The summed E-state index contributed by atoms with van der Waals surface area (Å²) >= 11 is 0. The van der Waals surface area contributed by atoms with Crippen molar-refractivity contribution in [1.29, 1.82) is 10.5 Å². The third kappa shape index (κ3) is 4.88. The van der Waals surface area contributed by atoms with E-state index in [1.54, 1.807) is 42.5 Å². The fourth-order valence-corrected chi connectivity index (χ4v) is 1.22. The fraction of sp³-hybridized carbons (Fsp3) is 0.231. The van der Waals surface area contributed by atoms with E-state index >= 15 is 0 Å². The average Bonchev–Trinajstić information content (AvgIpc) is 2.39. The molecule has 0 radical (unpaired) electrons. The van der Waals surface area contributed by atoms with Crippen LogP contribution in [0.2, 0.25) is 0 Å². The van der Waals surface area contributed by atoms with Gasteiger partial charge in [0.2, 0.25) is 0 Å². The molecule has 0 atom stereocenters. The van der Waals surface area contributed by atoms with Crippen molar-refractivity contribution in [3.05, 3.63) is 35.9 Å². The van der Waals surface area contributed by atoms with Crippen LogP contribution < -0.4 is 0 Å². The molecule has 0 N–H and O–H groups in total. The molecule has 1 aromatic rings. The second-order valence-corrected chi connectivity index (χ2v) is 3.39. The van der Waals surface area contributed by atoms with Crippen LogP contribution >= 0.6 is 0 Å². The van der Waals surface area contributed by atoms with Crippen LogP contribution in [0.25, 0.3) is 0 Å². The second-order valence-electron chi connectivity index (χ2n) is 3.39. The molecular weight excluding hydrogens is 248 g/mol. The number of rotatable bonds is 5. The van der Waals surface area contributed by atoms with Gasteiger partial charge in [-0.15, -0.1) is 0 Å². The molecule has 6 heteroatoms. The maximum absolute atomic E-state index is 11.3. The number of hydrogen-bond acceptors (Lipinski definition) is 6. The summed E-state index contributed by atoms with van der Waals surface area (Å²) in [5.74, 6) is -1.61. The molecule has 0 bridgehead atoms. The van der Waals surface area contributed by atoms with E-state index in [-0.39, 0.29) is 0 Å². The van der Waals surface area contributed by atoms with Crippen molar-refractivity contribution in [2.45, 2.75) is 19.1 Å². The number of nitrogens with zero attached hydrogens (tertiary/aromatic N) is 2. The summed E-state index contributed by atoms with van der Waals surface area (Å²) in [5.41, 5.74) is 0.445. The smallest absolute Gasteiger partial charge is 0.323 e. The van der Waals surface area contributed by atoms with Crippen LogP contribution in [-0.2, 0) is 19.1 Å². The topological polar surface area (TPSA) is 100 Å². The van der Waals surface area contributed by atoms with Crippen molar-refractivity contribution >= 4 is 11.9 Å². The number of ether oxygens (including phenoxy) is 2. The van der Waals surface area contributed by atoms with Crippen LogP contribution in [0.4, 0.5) is 0 Å². The first kappa shape index (κ1) is 14.2. The van der Waals surface area contributed by atoms with Gasteiger partial charge < -0.3 is 9.47 Å². The Balaban J connectivity index is 2.80. The van der Waals surface area contributed by atoms with Crippen molar-refractivity contribution in [1.82, 2.24) is 0 Å². The molecule has 0 aromatic heterocycles. The fourth-order valence-electron chi connectivity index (χ4n) is 1.22. The maximum Gasteiger partial charge on any atom is 0.323 e. The van der Waals surface area contributed by atoms with Gasteiger partial charge in [0.1, 0.15) is 12.8 Å². The SMILES string of the molecule is N#CCC(=O)OC(OC(=O)CC#N)c1ccccc1. The maximum atomic E-state index is 11.3. The molecule has 6 nitrogen and oxygen atoms in total. The molecule has 1 rings (SSSR count).